The van der Waals surface area contributed by atoms with Gasteiger partial charge in [0.05, 0.1) is 12.9 Å². The molecular formula is C16H24OS. The maximum Gasteiger partial charge on any atom is 0.0901 e. The van der Waals surface area contributed by atoms with Crippen LogP contribution in [0.1, 0.15) is 51.4 Å². The van der Waals surface area contributed by atoms with Gasteiger partial charge in [-0.05, 0) is 74.7 Å². The van der Waals surface area contributed by atoms with Gasteiger partial charge >= 0.3 is 0 Å². The van der Waals surface area contributed by atoms with Crippen LogP contribution in [0.3, 0.4) is 0 Å². The fourth-order valence-corrected chi connectivity index (χ4v) is 6.80. The average Bonchev–Trinajstić information content (AvgIpc) is 3.12. The fraction of sp³-hybridized carbons (Fsp3) is 0.875. The van der Waals surface area contributed by atoms with Gasteiger partial charge in [-0.2, -0.15) is 11.8 Å². The van der Waals surface area contributed by atoms with Gasteiger partial charge in [0.15, 0.2) is 0 Å². The summed E-state index contributed by atoms with van der Waals surface area (Å²) in [5.74, 6) is 2.98. The number of allylic oxidation sites excluding steroid dienone is 1. The van der Waals surface area contributed by atoms with E-state index < -0.39 is 0 Å². The monoisotopic (exact) mass is 264 g/mol. The molecule has 2 aliphatic heterocycles. The van der Waals surface area contributed by atoms with Gasteiger partial charge in [-0.1, -0.05) is 0 Å². The number of thioether (sulfide) groups is 1. The Kier molecular flexibility index (Phi) is 3.10. The second kappa shape index (κ2) is 4.77. The highest BCUT2D eigenvalue weighted by Gasteiger charge is 2.52. The minimum Gasteiger partial charge on any atom is -0.501 e. The Morgan fingerprint density at radius 1 is 1.06 bits per heavy atom. The molecule has 100 valence electrons. The fourth-order valence-electron chi connectivity index (χ4n) is 4.77. The lowest BCUT2D eigenvalue weighted by Crippen LogP contribution is -2.21. The Balaban J connectivity index is 1.29. The molecule has 4 unspecified atom stereocenters. The molecule has 2 heterocycles. The summed E-state index contributed by atoms with van der Waals surface area (Å²) in [4.78, 5) is 0. The van der Waals surface area contributed by atoms with Crippen molar-refractivity contribution in [1.82, 2.24) is 0 Å². The molecular weight excluding hydrogens is 240 g/mol. The zero-order valence-corrected chi connectivity index (χ0v) is 12.0. The van der Waals surface area contributed by atoms with Gasteiger partial charge < -0.3 is 4.74 Å². The second-order valence-corrected chi connectivity index (χ2v) is 8.26. The van der Waals surface area contributed by atoms with E-state index in [0.29, 0.717) is 0 Å². The Bertz CT molecular complexity index is 325. The lowest BCUT2D eigenvalue weighted by Gasteiger charge is -2.21. The molecule has 4 rings (SSSR count). The quantitative estimate of drug-likeness (QED) is 0.700. The van der Waals surface area contributed by atoms with E-state index in [0.717, 1.165) is 34.9 Å². The summed E-state index contributed by atoms with van der Waals surface area (Å²) < 4.78 is 5.89. The van der Waals surface area contributed by atoms with Crippen LogP contribution < -0.4 is 0 Å². The van der Waals surface area contributed by atoms with E-state index in [1.54, 1.807) is 5.57 Å². The van der Waals surface area contributed by atoms with Gasteiger partial charge in [-0.25, -0.2) is 0 Å². The lowest BCUT2D eigenvalue weighted by molar-refractivity contribution is 0.190. The molecule has 0 aromatic carbocycles. The lowest BCUT2D eigenvalue weighted by atomic mass is 9.82. The minimum atomic E-state index is 0.863. The van der Waals surface area contributed by atoms with Crippen molar-refractivity contribution in [1.29, 1.82) is 0 Å². The highest BCUT2D eigenvalue weighted by molar-refractivity contribution is 8.01. The van der Waals surface area contributed by atoms with Crippen molar-refractivity contribution < 1.29 is 4.74 Å². The molecule has 2 aliphatic carbocycles. The zero-order valence-electron chi connectivity index (χ0n) is 11.1. The summed E-state index contributed by atoms with van der Waals surface area (Å²) in [6, 6.07) is 0. The first-order chi connectivity index (χ1) is 8.90. The Hall–Kier alpha value is -0.110. The van der Waals surface area contributed by atoms with E-state index in [4.69, 9.17) is 4.74 Å². The number of ether oxygens (including phenoxy) is 1. The number of fused-ring (bicyclic) bond motifs is 5. The van der Waals surface area contributed by atoms with E-state index in [9.17, 15) is 0 Å². The summed E-state index contributed by atoms with van der Waals surface area (Å²) in [6.07, 6.45) is 13.4. The number of hydrogen-bond acceptors (Lipinski definition) is 2. The molecule has 4 fully saturated rings. The summed E-state index contributed by atoms with van der Waals surface area (Å²) >= 11 is 2.32. The van der Waals surface area contributed by atoms with Crippen molar-refractivity contribution in [3.63, 3.8) is 0 Å². The maximum absolute atomic E-state index is 5.89. The van der Waals surface area contributed by atoms with Gasteiger partial charge in [0.2, 0.25) is 0 Å². The molecule has 4 aliphatic rings. The van der Waals surface area contributed by atoms with Crippen LogP contribution in [0, 0.1) is 17.8 Å². The molecule has 2 heteroatoms. The van der Waals surface area contributed by atoms with E-state index in [1.165, 1.54) is 51.4 Å². The van der Waals surface area contributed by atoms with Gasteiger partial charge in [-0.3, -0.25) is 0 Å². The number of hydrogen-bond donors (Lipinski definition) is 0. The second-order valence-electron chi connectivity index (χ2n) is 6.77. The molecule has 2 saturated heterocycles. The van der Waals surface area contributed by atoms with Crippen molar-refractivity contribution in [2.24, 2.45) is 17.8 Å². The normalized spacial score (nSPS) is 45.6. The van der Waals surface area contributed by atoms with E-state index >= 15 is 0 Å². The molecule has 0 aromatic heterocycles. The van der Waals surface area contributed by atoms with E-state index in [2.05, 4.69) is 18.0 Å². The van der Waals surface area contributed by atoms with Gasteiger partial charge in [0.25, 0.3) is 0 Å². The first-order valence-electron chi connectivity index (χ1n) is 7.85. The highest BCUT2D eigenvalue weighted by atomic mass is 32.2. The molecule has 0 amide bonds. The highest BCUT2D eigenvalue weighted by Crippen LogP contribution is 2.60. The molecule has 0 spiro atoms. The van der Waals surface area contributed by atoms with Crippen molar-refractivity contribution >= 4 is 11.8 Å². The van der Waals surface area contributed by atoms with E-state index in [-0.39, 0.29) is 0 Å². The minimum absolute atomic E-state index is 0.863. The van der Waals surface area contributed by atoms with Crippen molar-refractivity contribution in [3.8, 4) is 0 Å². The molecule has 18 heavy (non-hydrogen) atoms. The third kappa shape index (κ3) is 2.01. The topological polar surface area (TPSA) is 9.23 Å². The molecule has 0 aromatic rings. The summed E-state index contributed by atoms with van der Waals surface area (Å²) in [5.41, 5.74) is 1.56. The largest absolute Gasteiger partial charge is 0.501 e. The van der Waals surface area contributed by atoms with Gasteiger partial charge in [-0.15, -0.1) is 0 Å². The van der Waals surface area contributed by atoms with Crippen LogP contribution in [-0.4, -0.2) is 17.1 Å². The van der Waals surface area contributed by atoms with Crippen molar-refractivity contribution in [2.45, 2.75) is 61.9 Å². The first kappa shape index (κ1) is 11.7. The summed E-state index contributed by atoms with van der Waals surface area (Å²) in [6.45, 7) is 1.00. The molecule has 2 bridgehead atoms. The van der Waals surface area contributed by atoms with E-state index in [1.807, 2.05) is 0 Å². The van der Waals surface area contributed by atoms with Crippen molar-refractivity contribution in [3.05, 3.63) is 11.8 Å². The molecule has 1 nitrogen and oxygen atoms in total. The molecule has 0 radical (unpaired) electrons. The third-order valence-electron chi connectivity index (χ3n) is 5.63. The Labute approximate surface area is 115 Å². The summed E-state index contributed by atoms with van der Waals surface area (Å²) in [7, 11) is 0. The van der Waals surface area contributed by atoms with Crippen molar-refractivity contribution in [2.75, 3.05) is 6.61 Å². The third-order valence-corrected chi connectivity index (χ3v) is 7.50. The molecule has 0 N–H and O–H groups in total. The van der Waals surface area contributed by atoms with Crippen LogP contribution >= 0.6 is 11.8 Å². The average molecular weight is 264 g/mol. The number of rotatable bonds is 3. The predicted molar refractivity (Wildman–Crippen MR) is 76.6 cm³/mol. The predicted octanol–water partition coefficient (Wildman–Crippen LogP) is 4.38. The Morgan fingerprint density at radius 2 is 1.72 bits per heavy atom. The zero-order chi connectivity index (χ0) is 11.9. The van der Waals surface area contributed by atoms with Gasteiger partial charge in [0.1, 0.15) is 0 Å². The van der Waals surface area contributed by atoms with Gasteiger partial charge in [0, 0.05) is 10.5 Å². The maximum atomic E-state index is 5.89. The Morgan fingerprint density at radius 3 is 2.39 bits per heavy atom. The van der Waals surface area contributed by atoms with Crippen LogP contribution in [0.25, 0.3) is 0 Å². The van der Waals surface area contributed by atoms with Crippen LogP contribution in [0.5, 0.6) is 0 Å². The smallest absolute Gasteiger partial charge is 0.0901 e. The SMILES string of the molecule is C(OCC1CC2C3CCC(S3)C2C1)=C1CCCC1. The molecule has 4 atom stereocenters. The first-order valence-corrected chi connectivity index (χ1v) is 8.79. The van der Waals surface area contributed by atoms with Crippen LogP contribution in [-0.2, 0) is 4.74 Å². The van der Waals surface area contributed by atoms with Crippen LogP contribution in [0.4, 0.5) is 0 Å². The van der Waals surface area contributed by atoms with Crippen LogP contribution in [0.2, 0.25) is 0 Å². The standard InChI is InChI=1S/C16H24OS/c1-2-4-11(3-1)9-17-10-12-7-13-14(8-12)16-6-5-15(13)18-16/h9,12-16H,1-8,10H2. The molecule has 2 saturated carbocycles. The van der Waals surface area contributed by atoms with Crippen LogP contribution in [0.15, 0.2) is 11.8 Å². The summed E-state index contributed by atoms with van der Waals surface area (Å²) in [5, 5.41) is 2.05.